The Hall–Kier alpha value is -1.50. The second-order valence-electron chi connectivity index (χ2n) is 6.59. The van der Waals surface area contributed by atoms with Gasteiger partial charge >= 0.3 is 0 Å². The molecule has 1 aromatic rings. The molecule has 1 aliphatic carbocycles. The van der Waals surface area contributed by atoms with E-state index in [1.54, 1.807) is 0 Å². The van der Waals surface area contributed by atoms with Gasteiger partial charge in [-0.3, -0.25) is 0 Å². The van der Waals surface area contributed by atoms with Crippen molar-refractivity contribution in [1.82, 2.24) is 0 Å². The normalized spacial score (nSPS) is 24.4. The van der Waals surface area contributed by atoms with Gasteiger partial charge in [0.2, 0.25) is 0 Å². The molecule has 1 aliphatic heterocycles. The van der Waals surface area contributed by atoms with Crippen LogP contribution in [-0.4, -0.2) is 13.1 Å². The van der Waals surface area contributed by atoms with Crippen LogP contribution in [0, 0.1) is 6.92 Å². The first-order valence-electron chi connectivity index (χ1n) is 8.44. The Kier molecular flexibility index (Phi) is 4.48. The van der Waals surface area contributed by atoms with Gasteiger partial charge in [-0.25, -0.2) is 0 Å². The van der Waals surface area contributed by atoms with Crippen LogP contribution >= 0.6 is 0 Å². The lowest BCUT2D eigenvalue weighted by atomic mass is 9.82. The van der Waals surface area contributed by atoms with Gasteiger partial charge in [-0.2, -0.15) is 0 Å². The van der Waals surface area contributed by atoms with Crippen LogP contribution in [0.5, 0.6) is 0 Å². The smallest absolute Gasteiger partial charge is 0.0396 e. The van der Waals surface area contributed by atoms with Crippen LogP contribution in [0.1, 0.15) is 55.6 Å². The van der Waals surface area contributed by atoms with Gasteiger partial charge in [-0.05, 0) is 37.0 Å². The fourth-order valence-electron chi connectivity index (χ4n) is 4.02. The number of anilines is 1. The van der Waals surface area contributed by atoms with E-state index in [0.29, 0.717) is 12.0 Å². The lowest BCUT2D eigenvalue weighted by Crippen LogP contribution is -2.37. The van der Waals surface area contributed by atoms with Gasteiger partial charge in [0.1, 0.15) is 0 Å². The van der Waals surface area contributed by atoms with Crippen molar-refractivity contribution in [1.29, 1.82) is 0 Å². The van der Waals surface area contributed by atoms with Crippen molar-refractivity contribution in [3.8, 4) is 0 Å². The Bertz CT molecular complexity index is 547. The van der Waals surface area contributed by atoms with E-state index in [-0.39, 0.29) is 0 Å². The van der Waals surface area contributed by atoms with E-state index in [9.17, 15) is 0 Å². The first kappa shape index (κ1) is 14.4. The lowest BCUT2D eigenvalue weighted by Gasteiger charge is -2.37. The van der Waals surface area contributed by atoms with Crippen LogP contribution in [0.4, 0.5) is 5.69 Å². The largest absolute Gasteiger partial charge is 0.371 e. The van der Waals surface area contributed by atoms with Crippen molar-refractivity contribution >= 4 is 5.69 Å². The summed E-state index contributed by atoms with van der Waals surface area (Å²) in [6.45, 7) is 2.23. The summed E-state index contributed by atoms with van der Waals surface area (Å²) in [7, 11) is 2.30. The van der Waals surface area contributed by atoms with Crippen molar-refractivity contribution in [2.45, 2.75) is 57.4 Å². The van der Waals surface area contributed by atoms with Gasteiger partial charge < -0.3 is 4.90 Å². The minimum Gasteiger partial charge on any atom is -0.371 e. The molecule has 0 aromatic heterocycles. The van der Waals surface area contributed by atoms with E-state index in [0.717, 1.165) is 0 Å². The van der Waals surface area contributed by atoms with Crippen LogP contribution in [0.15, 0.2) is 42.5 Å². The number of hydrogen-bond acceptors (Lipinski definition) is 1. The maximum Gasteiger partial charge on any atom is 0.0396 e. The Morgan fingerprint density at radius 1 is 0.857 bits per heavy atom. The third kappa shape index (κ3) is 3.07. The molecule has 21 heavy (non-hydrogen) atoms. The molecule has 1 heterocycles. The molecule has 0 N–H and O–H groups in total. The van der Waals surface area contributed by atoms with Crippen LogP contribution in [0.3, 0.4) is 0 Å². The highest BCUT2D eigenvalue weighted by atomic mass is 15.1. The Morgan fingerprint density at radius 3 is 2.48 bits per heavy atom. The maximum absolute atomic E-state index is 2.55. The molecule has 0 spiro atoms. The number of aryl methyl sites for hydroxylation is 1. The summed E-state index contributed by atoms with van der Waals surface area (Å²) in [4.78, 5) is 2.55. The van der Waals surface area contributed by atoms with Crippen molar-refractivity contribution in [3.05, 3.63) is 53.6 Å². The standard InChI is InChI=1S/C20H27N/c1-16-10-6-5-7-11-17-14-15-19(16)21(2)20-13-9-4-3-8-12-18(17)20/h5-7,10-11,14-15,18,20H,3-4,8-9,12-13H2,1-2H3. The molecule has 0 saturated heterocycles. The van der Waals surface area contributed by atoms with E-state index >= 15 is 0 Å². The van der Waals surface area contributed by atoms with Crippen LogP contribution in [-0.2, 0) is 0 Å². The van der Waals surface area contributed by atoms with Gasteiger partial charge in [0.15, 0.2) is 0 Å². The molecule has 3 rings (SSSR count). The SMILES string of the molecule is Cc1cccccc2ccc1N(C)C1CCCCCCC21. The number of rotatable bonds is 0. The van der Waals surface area contributed by atoms with Gasteiger partial charge in [-0.1, -0.05) is 62.1 Å². The number of nitrogens with zero attached hydrogens (tertiary/aromatic N) is 1. The molecular formula is C20H27N. The van der Waals surface area contributed by atoms with Crippen molar-refractivity contribution in [3.63, 3.8) is 0 Å². The summed E-state index contributed by atoms with van der Waals surface area (Å²) in [6, 6.07) is 16.4. The predicted octanol–water partition coefficient (Wildman–Crippen LogP) is 5.38. The molecule has 2 bridgehead atoms. The first-order valence-corrected chi connectivity index (χ1v) is 8.44. The van der Waals surface area contributed by atoms with Gasteiger partial charge in [-0.15, -0.1) is 0 Å². The molecule has 0 amide bonds. The predicted molar refractivity (Wildman–Crippen MR) is 91.4 cm³/mol. The summed E-state index contributed by atoms with van der Waals surface area (Å²) >= 11 is 0. The summed E-state index contributed by atoms with van der Waals surface area (Å²) in [5.74, 6) is 0.680. The highest BCUT2D eigenvalue weighted by Crippen LogP contribution is 2.38. The highest BCUT2D eigenvalue weighted by Gasteiger charge is 2.29. The molecule has 2 atom stereocenters. The van der Waals surface area contributed by atoms with E-state index in [1.165, 1.54) is 55.3 Å². The summed E-state index contributed by atoms with van der Waals surface area (Å²) < 4.78 is 0. The zero-order chi connectivity index (χ0) is 14.7. The molecule has 2 aliphatic rings. The minimum atomic E-state index is 0.649. The minimum absolute atomic E-state index is 0.649. The van der Waals surface area contributed by atoms with E-state index in [1.807, 2.05) is 0 Å². The van der Waals surface area contributed by atoms with Crippen LogP contribution < -0.4 is 4.90 Å². The van der Waals surface area contributed by atoms with Gasteiger partial charge in [0.25, 0.3) is 0 Å². The molecule has 1 nitrogen and oxygen atoms in total. The summed E-state index contributed by atoms with van der Waals surface area (Å²) in [5, 5.41) is 0. The number of hydrogen-bond donors (Lipinski definition) is 0. The quantitative estimate of drug-likeness (QED) is 0.617. The average molecular weight is 281 g/mol. The van der Waals surface area contributed by atoms with Gasteiger partial charge in [0, 0.05) is 24.7 Å². The highest BCUT2D eigenvalue weighted by molar-refractivity contribution is 5.54. The average Bonchev–Trinajstić information content (AvgIpc) is 2.57. The molecule has 1 fully saturated rings. The fraction of sp³-hybridized carbons (Fsp3) is 0.500. The molecular weight excluding hydrogens is 254 g/mol. The van der Waals surface area contributed by atoms with Crippen LogP contribution in [0.2, 0.25) is 0 Å². The number of fused-ring (bicyclic) bond motifs is 5. The maximum atomic E-state index is 2.55. The van der Waals surface area contributed by atoms with Crippen LogP contribution in [0.25, 0.3) is 0 Å². The molecule has 1 aromatic carbocycles. The molecule has 0 radical (unpaired) electrons. The molecule has 2 unspecified atom stereocenters. The second-order valence-corrected chi connectivity index (χ2v) is 6.59. The second kappa shape index (κ2) is 6.51. The zero-order valence-corrected chi connectivity index (χ0v) is 13.4. The topological polar surface area (TPSA) is 3.24 Å². The molecule has 1 saturated carbocycles. The Labute approximate surface area is 129 Å². The fourth-order valence-corrected chi connectivity index (χ4v) is 4.02. The first-order chi connectivity index (χ1) is 10.3. The summed E-state index contributed by atoms with van der Waals surface area (Å²) in [5.41, 5.74) is 4.27. The third-order valence-corrected chi connectivity index (χ3v) is 5.23. The van der Waals surface area contributed by atoms with Gasteiger partial charge in [0.05, 0.1) is 0 Å². The number of likely N-dealkylation sites (N-methyl/N-ethyl adjacent to an activating group) is 1. The van der Waals surface area contributed by atoms with E-state index in [4.69, 9.17) is 0 Å². The van der Waals surface area contributed by atoms with E-state index in [2.05, 4.69) is 61.3 Å². The monoisotopic (exact) mass is 281 g/mol. The van der Waals surface area contributed by atoms with Crippen molar-refractivity contribution < 1.29 is 0 Å². The van der Waals surface area contributed by atoms with Crippen molar-refractivity contribution in [2.75, 3.05) is 11.9 Å². The van der Waals surface area contributed by atoms with E-state index < -0.39 is 0 Å². The van der Waals surface area contributed by atoms with Crippen molar-refractivity contribution in [2.24, 2.45) is 0 Å². The summed E-state index contributed by atoms with van der Waals surface area (Å²) in [6.07, 6.45) is 8.21. The molecule has 1 heteroatoms. The Balaban J connectivity index is 2.14. The lowest BCUT2D eigenvalue weighted by molar-refractivity contribution is 0.395. The Morgan fingerprint density at radius 2 is 1.62 bits per heavy atom. The third-order valence-electron chi connectivity index (χ3n) is 5.23. The molecule has 112 valence electrons. The zero-order valence-electron chi connectivity index (χ0n) is 13.4.